The van der Waals surface area contributed by atoms with Crippen LogP contribution in [0.25, 0.3) is 11.3 Å². The number of aryl methyl sites for hydroxylation is 1. The second kappa shape index (κ2) is 9.02. The predicted octanol–water partition coefficient (Wildman–Crippen LogP) is 6.52. The van der Waals surface area contributed by atoms with E-state index in [0.29, 0.717) is 22.7 Å². The van der Waals surface area contributed by atoms with E-state index in [9.17, 15) is 9.59 Å². The molecule has 0 spiro atoms. The minimum absolute atomic E-state index is 0.184. The molecule has 1 aromatic heterocycles. The summed E-state index contributed by atoms with van der Waals surface area (Å²) in [6.45, 7) is 1.87. The third kappa shape index (κ3) is 4.92. The summed E-state index contributed by atoms with van der Waals surface area (Å²) in [5.41, 5.74) is 3.59. The van der Waals surface area contributed by atoms with Gasteiger partial charge >= 0.3 is 0 Å². The number of nitrogens with one attached hydrogen (secondary N) is 2. The standard InChI is InChI=1S/C25H19BrN2O3/c1-16-15-20(11-12-21(16)28-24(29)18-5-3-2-4-6-18)27-25(30)23-14-13-22(31-23)17-7-9-19(26)10-8-17/h2-15H,1H3,(H,27,30)(H,28,29). The van der Waals surface area contributed by atoms with Crippen molar-refractivity contribution < 1.29 is 14.0 Å². The van der Waals surface area contributed by atoms with Crippen molar-refractivity contribution in [1.29, 1.82) is 0 Å². The van der Waals surface area contributed by atoms with Gasteiger partial charge in [0.15, 0.2) is 5.76 Å². The van der Waals surface area contributed by atoms with Crippen LogP contribution in [0, 0.1) is 6.92 Å². The second-order valence-electron chi connectivity index (χ2n) is 6.97. The summed E-state index contributed by atoms with van der Waals surface area (Å²) in [6, 6.07) is 25.4. The van der Waals surface area contributed by atoms with E-state index >= 15 is 0 Å². The molecule has 0 unspecified atom stereocenters. The Morgan fingerprint density at radius 2 is 1.55 bits per heavy atom. The zero-order chi connectivity index (χ0) is 21.8. The maximum atomic E-state index is 12.6. The Morgan fingerprint density at radius 1 is 0.806 bits per heavy atom. The van der Waals surface area contributed by atoms with E-state index in [4.69, 9.17) is 4.42 Å². The van der Waals surface area contributed by atoms with Crippen molar-refractivity contribution in [1.82, 2.24) is 0 Å². The molecule has 0 radical (unpaired) electrons. The van der Waals surface area contributed by atoms with Crippen LogP contribution in [0.4, 0.5) is 11.4 Å². The molecule has 5 nitrogen and oxygen atoms in total. The predicted molar refractivity (Wildman–Crippen MR) is 125 cm³/mol. The summed E-state index contributed by atoms with van der Waals surface area (Å²) in [4.78, 5) is 24.9. The van der Waals surface area contributed by atoms with Crippen LogP contribution < -0.4 is 10.6 Å². The van der Waals surface area contributed by atoms with E-state index in [1.165, 1.54) is 0 Å². The summed E-state index contributed by atoms with van der Waals surface area (Å²) in [6.07, 6.45) is 0. The lowest BCUT2D eigenvalue weighted by Crippen LogP contribution is -2.14. The molecule has 3 aromatic carbocycles. The molecule has 0 atom stereocenters. The Hall–Kier alpha value is -3.64. The van der Waals surface area contributed by atoms with E-state index in [-0.39, 0.29) is 17.6 Å². The first kappa shape index (κ1) is 20.6. The number of anilines is 2. The number of hydrogen-bond donors (Lipinski definition) is 2. The maximum Gasteiger partial charge on any atom is 0.291 e. The highest BCUT2D eigenvalue weighted by molar-refractivity contribution is 9.10. The number of hydrogen-bond acceptors (Lipinski definition) is 3. The Labute approximate surface area is 188 Å². The average molecular weight is 475 g/mol. The van der Waals surface area contributed by atoms with Gasteiger partial charge in [-0.05, 0) is 67.1 Å². The Bertz CT molecular complexity index is 1230. The molecule has 0 aliphatic heterocycles. The molecule has 0 aliphatic rings. The van der Waals surface area contributed by atoms with Gasteiger partial charge in [0.05, 0.1) is 0 Å². The molecule has 0 aliphatic carbocycles. The molecule has 154 valence electrons. The van der Waals surface area contributed by atoms with Crippen LogP contribution in [0.2, 0.25) is 0 Å². The lowest BCUT2D eigenvalue weighted by molar-refractivity contribution is 0.0995. The molecule has 31 heavy (non-hydrogen) atoms. The van der Waals surface area contributed by atoms with Crippen molar-refractivity contribution in [3.8, 4) is 11.3 Å². The largest absolute Gasteiger partial charge is 0.451 e. The third-order valence-corrected chi connectivity index (χ3v) is 5.26. The smallest absolute Gasteiger partial charge is 0.291 e. The molecule has 1 heterocycles. The number of halogens is 1. The Balaban J connectivity index is 1.44. The molecule has 0 bridgehead atoms. The molecular formula is C25H19BrN2O3. The maximum absolute atomic E-state index is 12.6. The molecule has 2 amide bonds. The third-order valence-electron chi connectivity index (χ3n) is 4.73. The molecule has 0 fully saturated rings. The van der Waals surface area contributed by atoms with Gasteiger partial charge in [-0.3, -0.25) is 9.59 Å². The van der Waals surface area contributed by atoms with Crippen LogP contribution in [0.5, 0.6) is 0 Å². The van der Waals surface area contributed by atoms with E-state index in [1.807, 2.05) is 49.4 Å². The van der Waals surface area contributed by atoms with Gasteiger partial charge in [0.1, 0.15) is 5.76 Å². The quantitative estimate of drug-likeness (QED) is 0.345. The second-order valence-corrected chi connectivity index (χ2v) is 7.89. The van der Waals surface area contributed by atoms with Crippen molar-refractivity contribution >= 4 is 39.1 Å². The van der Waals surface area contributed by atoms with Crippen LogP contribution in [0.1, 0.15) is 26.5 Å². The first-order valence-electron chi connectivity index (χ1n) is 9.64. The van der Waals surface area contributed by atoms with Crippen LogP contribution in [-0.2, 0) is 0 Å². The highest BCUT2D eigenvalue weighted by Gasteiger charge is 2.14. The lowest BCUT2D eigenvalue weighted by Gasteiger charge is -2.11. The number of furan rings is 1. The normalized spacial score (nSPS) is 10.5. The molecular weight excluding hydrogens is 456 g/mol. The van der Waals surface area contributed by atoms with E-state index in [0.717, 1.165) is 15.6 Å². The van der Waals surface area contributed by atoms with E-state index in [2.05, 4.69) is 26.6 Å². The van der Waals surface area contributed by atoms with Gasteiger partial charge in [-0.25, -0.2) is 0 Å². The number of amides is 2. The summed E-state index contributed by atoms with van der Waals surface area (Å²) >= 11 is 3.40. The van der Waals surface area contributed by atoms with Crippen LogP contribution in [0.15, 0.2) is 93.8 Å². The molecule has 2 N–H and O–H groups in total. The molecule has 4 rings (SSSR count). The minimum Gasteiger partial charge on any atom is -0.451 e. The van der Waals surface area contributed by atoms with Gasteiger partial charge in [-0.1, -0.05) is 46.3 Å². The molecule has 6 heteroatoms. The Kier molecular flexibility index (Phi) is 6.00. The highest BCUT2D eigenvalue weighted by Crippen LogP contribution is 2.25. The molecule has 0 saturated carbocycles. The van der Waals surface area contributed by atoms with Crippen molar-refractivity contribution in [2.45, 2.75) is 6.92 Å². The summed E-state index contributed by atoms with van der Waals surface area (Å²) < 4.78 is 6.69. The van der Waals surface area contributed by atoms with Crippen LogP contribution >= 0.6 is 15.9 Å². The first-order valence-corrected chi connectivity index (χ1v) is 10.4. The number of rotatable bonds is 5. The fourth-order valence-corrected chi connectivity index (χ4v) is 3.35. The van der Waals surface area contributed by atoms with Crippen molar-refractivity contribution in [3.05, 3.63) is 106 Å². The van der Waals surface area contributed by atoms with E-state index < -0.39 is 0 Å². The summed E-state index contributed by atoms with van der Waals surface area (Å²) in [5.74, 6) is 0.310. The summed E-state index contributed by atoms with van der Waals surface area (Å²) in [7, 11) is 0. The zero-order valence-electron chi connectivity index (χ0n) is 16.7. The zero-order valence-corrected chi connectivity index (χ0v) is 18.3. The van der Waals surface area contributed by atoms with Crippen molar-refractivity contribution in [2.75, 3.05) is 10.6 Å². The van der Waals surface area contributed by atoms with E-state index in [1.54, 1.807) is 42.5 Å². The van der Waals surface area contributed by atoms with Gasteiger partial charge in [0.2, 0.25) is 0 Å². The fraction of sp³-hybridized carbons (Fsp3) is 0.0400. The van der Waals surface area contributed by atoms with Gasteiger partial charge in [0, 0.05) is 27.0 Å². The van der Waals surface area contributed by atoms with Crippen molar-refractivity contribution in [2.24, 2.45) is 0 Å². The van der Waals surface area contributed by atoms with Crippen molar-refractivity contribution in [3.63, 3.8) is 0 Å². The number of benzene rings is 3. The molecule has 0 saturated heterocycles. The van der Waals surface area contributed by atoms with Gasteiger partial charge < -0.3 is 15.1 Å². The lowest BCUT2D eigenvalue weighted by atomic mass is 10.1. The number of carbonyl (C=O) groups is 2. The highest BCUT2D eigenvalue weighted by atomic mass is 79.9. The van der Waals surface area contributed by atoms with Crippen LogP contribution in [0.3, 0.4) is 0 Å². The SMILES string of the molecule is Cc1cc(NC(=O)c2ccc(-c3ccc(Br)cc3)o2)ccc1NC(=O)c1ccccc1. The fourth-order valence-electron chi connectivity index (χ4n) is 3.09. The summed E-state index contributed by atoms with van der Waals surface area (Å²) in [5, 5.41) is 5.72. The first-order chi connectivity index (χ1) is 15.0. The minimum atomic E-state index is -0.344. The molecule has 4 aromatic rings. The average Bonchev–Trinajstić information content (AvgIpc) is 3.27. The van der Waals surface area contributed by atoms with Gasteiger partial charge in [0.25, 0.3) is 11.8 Å². The van der Waals surface area contributed by atoms with Gasteiger partial charge in [-0.2, -0.15) is 0 Å². The number of carbonyl (C=O) groups excluding carboxylic acids is 2. The van der Waals surface area contributed by atoms with Crippen LogP contribution in [-0.4, -0.2) is 11.8 Å². The Morgan fingerprint density at radius 3 is 2.26 bits per heavy atom. The topological polar surface area (TPSA) is 71.3 Å². The monoisotopic (exact) mass is 474 g/mol. The van der Waals surface area contributed by atoms with Gasteiger partial charge in [-0.15, -0.1) is 0 Å².